The maximum absolute atomic E-state index is 10.8. The van der Waals surface area contributed by atoms with Crippen molar-refractivity contribution in [2.45, 2.75) is 26.4 Å². The van der Waals surface area contributed by atoms with E-state index in [4.69, 9.17) is 11.6 Å². The van der Waals surface area contributed by atoms with Gasteiger partial charge >= 0.3 is 0 Å². The predicted molar refractivity (Wildman–Crippen MR) is 80.1 cm³/mol. The van der Waals surface area contributed by atoms with Gasteiger partial charge in [0.2, 0.25) is 0 Å². The summed E-state index contributed by atoms with van der Waals surface area (Å²) in [6, 6.07) is 5.21. The molecule has 0 aliphatic carbocycles. The highest BCUT2D eigenvalue weighted by Gasteiger charge is 2.20. The van der Waals surface area contributed by atoms with Gasteiger partial charge in [-0.2, -0.15) is 0 Å². The number of halogens is 1. The second-order valence-electron chi connectivity index (χ2n) is 5.44. The van der Waals surface area contributed by atoms with Gasteiger partial charge in [0.25, 0.3) is 5.69 Å². The summed E-state index contributed by atoms with van der Waals surface area (Å²) in [5.41, 5.74) is 0.934. The van der Waals surface area contributed by atoms with Crippen LogP contribution >= 0.6 is 11.6 Å². The Hall–Kier alpha value is -1.17. The first kappa shape index (κ1) is 15.2. The molecule has 0 spiro atoms. The first-order valence-corrected chi connectivity index (χ1v) is 7.24. The van der Waals surface area contributed by atoms with Crippen LogP contribution in [0, 0.1) is 10.1 Å². The normalized spacial score (nSPS) is 17.6. The highest BCUT2D eigenvalue weighted by molar-refractivity contribution is 6.31. The Kier molecular flexibility index (Phi) is 4.96. The summed E-state index contributed by atoms with van der Waals surface area (Å²) in [7, 11) is 0. The Bertz CT molecular complexity index is 485. The molecule has 1 saturated heterocycles. The van der Waals surface area contributed by atoms with Gasteiger partial charge < -0.3 is 0 Å². The van der Waals surface area contributed by atoms with Crippen molar-refractivity contribution in [2.24, 2.45) is 0 Å². The van der Waals surface area contributed by atoms with Crippen molar-refractivity contribution in [3.63, 3.8) is 0 Å². The number of hydrogen-bond donors (Lipinski definition) is 0. The molecule has 0 amide bonds. The molecule has 0 aromatic heterocycles. The van der Waals surface area contributed by atoms with Crippen LogP contribution in [0.3, 0.4) is 0 Å². The third-order valence-corrected chi connectivity index (χ3v) is 4.14. The molecule has 1 aromatic carbocycles. The van der Waals surface area contributed by atoms with Crippen LogP contribution in [0.25, 0.3) is 0 Å². The predicted octanol–water partition coefficient (Wildman–Crippen LogP) is 2.77. The van der Waals surface area contributed by atoms with Gasteiger partial charge in [0, 0.05) is 55.9 Å². The van der Waals surface area contributed by atoms with Crippen LogP contribution in [0.1, 0.15) is 19.4 Å². The highest BCUT2D eigenvalue weighted by atomic mass is 35.5. The number of benzene rings is 1. The summed E-state index contributed by atoms with van der Waals surface area (Å²) >= 11 is 6.14. The average molecular weight is 298 g/mol. The molecule has 0 unspecified atom stereocenters. The van der Waals surface area contributed by atoms with E-state index in [-0.39, 0.29) is 10.6 Å². The summed E-state index contributed by atoms with van der Waals surface area (Å²) in [4.78, 5) is 15.2. The number of piperazine rings is 1. The molecule has 5 nitrogen and oxygen atoms in total. The van der Waals surface area contributed by atoms with Gasteiger partial charge in [0.1, 0.15) is 0 Å². The van der Waals surface area contributed by atoms with E-state index < -0.39 is 0 Å². The summed E-state index contributed by atoms with van der Waals surface area (Å²) in [5.74, 6) is 0. The number of rotatable bonds is 4. The fraction of sp³-hybridized carbons (Fsp3) is 0.571. The largest absolute Gasteiger partial charge is 0.298 e. The fourth-order valence-corrected chi connectivity index (χ4v) is 2.65. The SMILES string of the molecule is CC(C)N1CCN(Cc2cc([N+](=O)[O-])ccc2Cl)CC1. The van der Waals surface area contributed by atoms with E-state index in [1.165, 1.54) is 6.07 Å². The minimum atomic E-state index is -0.378. The molecule has 1 aliphatic heterocycles. The van der Waals surface area contributed by atoms with Gasteiger partial charge in [-0.25, -0.2) is 0 Å². The molecular formula is C14H20ClN3O2. The first-order chi connectivity index (χ1) is 9.47. The molecule has 1 aromatic rings. The molecule has 0 N–H and O–H groups in total. The van der Waals surface area contributed by atoms with E-state index >= 15 is 0 Å². The summed E-state index contributed by atoms with van der Waals surface area (Å²) in [5, 5.41) is 11.4. The Labute approximate surface area is 124 Å². The van der Waals surface area contributed by atoms with Crippen LogP contribution in [0.15, 0.2) is 18.2 Å². The summed E-state index contributed by atoms with van der Waals surface area (Å²) < 4.78 is 0. The van der Waals surface area contributed by atoms with Gasteiger partial charge in [-0.15, -0.1) is 0 Å². The van der Waals surface area contributed by atoms with E-state index in [1.807, 2.05) is 0 Å². The van der Waals surface area contributed by atoms with Crippen LogP contribution in [-0.2, 0) is 6.54 Å². The second-order valence-corrected chi connectivity index (χ2v) is 5.85. The second kappa shape index (κ2) is 6.52. The van der Waals surface area contributed by atoms with E-state index in [1.54, 1.807) is 12.1 Å². The highest BCUT2D eigenvalue weighted by Crippen LogP contribution is 2.23. The first-order valence-electron chi connectivity index (χ1n) is 6.86. The van der Waals surface area contributed by atoms with Gasteiger partial charge in [-0.1, -0.05) is 11.6 Å². The quantitative estimate of drug-likeness (QED) is 0.633. The van der Waals surface area contributed by atoms with E-state index in [0.717, 1.165) is 31.7 Å². The Morgan fingerprint density at radius 2 is 1.95 bits per heavy atom. The molecule has 2 rings (SSSR count). The van der Waals surface area contributed by atoms with Gasteiger partial charge in [0.05, 0.1) is 4.92 Å². The number of non-ortho nitro benzene ring substituents is 1. The molecule has 110 valence electrons. The van der Waals surface area contributed by atoms with Crippen molar-refractivity contribution in [3.8, 4) is 0 Å². The minimum absolute atomic E-state index is 0.102. The van der Waals surface area contributed by atoms with Crippen molar-refractivity contribution in [1.29, 1.82) is 0 Å². The van der Waals surface area contributed by atoms with E-state index in [2.05, 4.69) is 23.6 Å². The topological polar surface area (TPSA) is 49.6 Å². The molecule has 0 atom stereocenters. The van der Waals surface area contributed by atoms with Crippen molar-refractivity contribution >= 4 is 17.3 Å². The van der Waals surface area contributed by atoms with Crippen LogP contribution in [0.2, 0.25) is 5.02 Å². The summed E-state index contributed by atoms with van der Waals surface area (Å²) in [6.45, 7) is 9.08. The number of nitro benzene ring substituents is 1. The molecule has 1 fully saturated rings. The van der Waals surface area contributed by atoms with Crippen LogP contribution < -0.4 is 0 Å². The van der Waals surface area contributed by atoms with Crippen molar-refractivity contribution in [3.05, 3.63) is 38.9 Å². The van der Waals surface area contributed by atoms with Crippen molar-refractivity contribution in [2.75, 3.05) is 26.2 Å². The molecule has 6 heteroatoms. The lowest BCUT2D eigenvalue weighted by Gasteiger charge is -2.37. The Morgan fingerprint density at radius 1 is 1.30 bits per heavy atom. The third kappa shape index (κ3) is 3.69. The maximum Gasteiger partial charge on any atom is 0.269 e. The molecule has 20 heavy (non-hydrogen) atoms. The van der Waals surface area contributed by atoms with Crippen molar-refractivity contribution < 1.29 is 4.92 Å². The van der Waals surface area contributed by atoms with E-state index in [9.17, 15) is 10.1 Å². The molecular weight excluding hydrogens is 278 g/mol. The van der Waals surface area contributed by atoms with Crippen LogP contribution in [0.4, 0.5) is 5.69 Å². The standard InChI is InChI=1S/C14H20ClN3O2/c1-11(2)17-7-5-16(6-8-17)10-12-9-13(18(19)20)3-4-14(12)15/h3-4,9,11H,5-8,10H2,1-2H3. The molecule has 0 radical (unpaired) electrons. The van der Waals surface area contributed by atoms with E-state index in [0.29, 0.717) is 17.6 Å². The number of nitrogens with zero attached hydrogens (tertiary/aromatic N) is 3. The lowest BCUT2D eigenvalue weighted by molar-refractivity contribution is -0.384. The third-order valence-electron chi connectivity index (χ3n) is 3.77. The number of hydrogen-bond acceptors (Lipinski definition) is 4. The van der Waals surface area contributed by atoms with Crippen molar-refractivity contribution in [1.82, 2.24) is 9.80 Å². The lowest BCUT2D eigenvalue weighted by atomic mass is 10.1. The smallest absolute Gasteiger partial charge is 0.269 e. The number of nitro groups is 1. The monoisotopic (exact) mass is 297 g/mol. The zero-order valence-corrected chi connectivity index (χ0v) is 12.6. The fourth-order valence-electron chi connectivity index (χ4n) is 2.47. The molecule has 0 saturated carbocycles. The molecule has 0 bridgehead atoms. The zero-order valence-electron chi connectivity index (χ0n) is 11.9. The zero-order chi connectivity index (χ0) is 14.7. The van der Waals surface area contributed by atoms with Gasteiger partial charge in [-0.05, 0) is 25.5 Å². The summed E-state index contributed by atoms with van der Waals surface area (Å²) in [6.07, 6.45) is 0. The maximum atomic E-state index is 10.8. The minimum Gasteiger partial charge on any atom is -0.298 e. The Morgan fingerprint density at radius 3 is 2.50 bits per heavy atom. The molecule has 1 aliphatic rings. The van der Waals surface area contributed by atoms with Crippen LogP contribution in [-0.4, -0.2) is 46.9 Å². The molecule has 1 heterocycles. The average Bonchev–Trinajstić information content (AvgIpc) is 2.41. The van der Waals surface area contributed by atoms with Gasteiger partial charge in [-0.3, -0.25) is 19.9 Å². The van der Waals surface area contributed by atoms with Crippen LogP contribution in [0.5, 0.6) is 0 Å². The van der Waals surface area contributed by atoms with Gasteiger partial charge in [0.15, 0.2) is 0 Å². The Balaban J connectivity index is 2.00. The lowest BCUT2D eigenvalue weighted by Crippen LogP contribution is -2.48.